The lowest BCUT2D eigenvalue weighted by molar-refractivity contribution is 0.00640. The number of nitrogens with zero attached hydrogens (tertiary/aromatic N) is 4. The molecule has 1 saturated heterocycles. The average molecular weight is 426 g/mol. The van der Waals surface area contributed by atoms with Crippen molar-refractivity contribution in [2.45, 2.75) is 64.1 Å². The van der Waals surface area contributed by atoms with Crippen molar-refractivity contribution in [3.63, 3.8) is 0 Å². The van der Waals surface area contributed by atoms with E-state index in [1.807, 2.05) is 13.8 Å². The molecule has 2 unspecified atom stereocenters. The minimum Gasteiger partial charge on any atom is -0.384 e. The van der Waals surface area contributed by atoms with Gasteiger partial charge < -0.3 is 9.63 Å². The Balaban J connectivity index is 1.33. The first-order chi connectivity index (χ1) is 15.0. The van der Waals surface area contributed by atoms with Crippen molar-refractivity contribution in [2.75, 3.05) is 13.1 Å². The number of halogens is 1. The van der Waals surface area contributed by atoms with Crippen LogP contribution in [0.15, 0.2) is 27.5 Å². The Morgan fingerprint density at radius 1 is 1.23 bits per heavy atom. The van der Waals surface area contributed by atoms with Gasteiger partial charge in [0.1, 0.15) is 17.7 Å². The fourth-order valence-corrected chi connectivity index (χ4v) is 5.27. The summed E-state index contributed by atoms with van der Waals surface area (Å²) < 4.78 is 20.4. The van der Waals surface area contributed by atoms with Gasteiger partial charge in [-0.15, -0.1) is 0 Å². The molecule has 0 aliphatic carbocycles. The van der Waals surface area contributed by atoms with Crippen molar-refractivity contribution in [3.8, 4) is 0 Å². The first kappa shape index (κ1) is 20.3. The third-order valence-corrected chi connectivity index (χ3v) is 6.98. The van der Waals surface area contributed by atoms with E-state index in [0.29, 0.717) is 30.1 Å². The van der Waals surface area contributed by atoms with E-state index in [-0.39, 0.29) is 23.3 Å². The molecular formula is C23H27FN4O3. The van der Waals surface area contributed by atoms with Gasteiger partial charge in [0.25, 0.3) is 5.56 Å². The highest BCUT2D eigenvalue weighted by molar-refractivity contribution is 5.79. The third-order valence-electron chi connectivity index (χ3n) is 6.98. The summed E-state index contributed by atoms with van der Waals surface area (Å²) in [6.45, 7) is 6.02. The van der Waals surface area contributed by atoms with Crippen molar-refractivity contribution in [1.29, 1.82) is 0 Å². The molecule has 0 spiro atoms. The minimum absolute atomic E-state index is 0.0180. The summed E-state index contributed by atoms with van der Waals surface area (Å²) >= 11 is 0. The highest BCUT2D eigenvalue weighted by atomic mass is 19.1. The van der Waals surface area contributed by atoms with Crippen LogP contribution in [0.2, 0.25) is 0 Å². The smallest absolute Gasteiger partial charge is 0.256 e. The maximum atomic E-state index is 13.4. The van der Waals surface area contributed by atoms with Gasteiger partial charge in [0.2, 0.25) is 0 Å². The highest BCUT2D eigenvalue weighted by Gasteiger charge is 2.37. The number of fused-ring (bicyclic) bond motifs is 2. The van der Waals surface area contributed by atoms with E-state index in [9.17, 15) is 14.3 Å². The Kier molecular flexibility index (Phi) is 5.14. The number of benzene rings is 1. The molecule has 1 N–H and O–H groups in total. The lowest BCUT2D eigenvalue weighted by Gasteiger charge is -2.41. The van der Waals surface area contributed by atoms with E-state index in [1.54, 1.807) is 10.6 Å². The summed E-state index contributed by atoms with van der Waals surface area (Å²) in [4.78, 5) is 19.7. The molecule has 2 aliphatic heterocycles. The summed E-state index contributed by atoms with van der Waals surface area (Å²) in [6, 6.07) is 4.50. The predicted octanol–water partition coefficient (Wildman–Crippen LogP) is 3.08. The molecule has 0 bridgehead atoms. The Bertz CT molecular complexity index is 1180. The van der Waals surface area contributed by atoms with Crippen LogP contribution >= 0.6 is 0 Å². The van der Waals surface area contributed by atoms with Gasteiger partial charge in [-0.05, 0) is 57.8 Å². The van der Waals surface area contributed by atoms with Crippen molar-refractivity contribution in [3.05, 3.63) is 57.1 Å². The summed E-state index contributed by atoms with van der Waals surface area (Å²) in [5, 5.41) is 16.2. The molecule has 31 heavy (non-hydrogen) atoms. The molecule has 2 atom stereocenters. The van der Waals surface area contributed by atoms with Gasteiger partial charge >= 0.3 is 0 Å². The summed E-state index contributed by atoms with van der Waals surface area (Å²) in [7, 11) is 0. The van der Waals surface area contributed by atoms with Crippen LogP contribution in [-0.4, -0.2) is 43.8 Å². The molecule has 0 saturated carbocycles. The van der Waals surface area contributed by atoms with Crippen LogP contribution in [0.1, 0.15) is 61.0 Å². The van der Waals surface area contributed by atoms with Gasteiger partial charge in [-0.3, -0.25) is 14.3 Å². The van der Waals surface area contributed by atoms with Crippen molar-refractivity contribution >= 4 is 11.0 Å². The summed E-state index contributed by atoms with van der Waals surface area (Å²) in [5.41, 5.74) is 2.80. The molecule has 1 aromatic carbocycles. The van der Waals surface area contributed by atoms with Crippen molar-refractivity contribution < 1.29 is 14.0 Å². The number of aromatic nitrogens is 3. The molecule has 3 aromatic rings. The van der Waals surface area contributed by atoms with Crippen LogP contribution < -0.4 is 5.56 Å². The monoisotopic (exact) mass is 426 g/mol. The minimum atomic E-state index is -0.779. The maximum absolute atomic E-state index is 13.4. The molecule has 5 rings (SSSR count). The normalized spacial score (nSPS) is 22.7. The quantitative estimate of drug-likeness (QED) is 0.693. The molecule has 0 radical (unpaired) electrons. The topological polar surface area (TPSA) is 84.4 Å². The van der Waals surface area contributed by atoms with E-state index >= 15 is 0 Å². The number of aliphatic hydroxyl groups is 1. The SMILES string of the molecule is CCc1c(C)nc2n(c1=O)CCC(N1CCC(c3noc4cc(F)ccc34)CC1)C2O. The summed E-state index contributed by atoms with van der Waals surface area (Å²) in [5.74, 6) is 0.402. The molecule has 2 aliphatic rings. The standard InChI is InChI=1S/C23H27FN4O3/c1-3-16-13(2)25-22-21(29)18(8-11-28(22)23(16)30)27-9-6-14(7-10-27)20-17-5-4-15(24)12-19(17)31-26-20/h4-5,12,14,18,21,29H,3,6-11H2,1-2H3. The zero-order valence-electron chi connectivity index (χ0n) is 17.8. The number of piperidine rings is 1. The van der Waals surface area contributed by atoms with Crippen LogP contribution in [0.5, 0.6) is 0 Å². The van der Waals surface area contributed by atoms with E-state index < -0.39 is 6.10 Å². The van der Waals surface area contributed by atoms with Crippen LogP contribution in [0.25, 0.3) is 11.0 Å². The third kappa shape index (κ3) is 3.38. The van der Waals surface area contributed by atoms with Crippen LogP contribution in [0.3, 0.4) is 0 Å². The first-order valence-electron chi connectivity index (χ1n) is 11.0. The molecular weight excluding hydrogens is 399 g/mol. The number of rotatable bonds is 3. The Labute approximate surface area is 179 Å². The van der Waals surface area contributed by atoms with Gasteiger partial charge in [-0.2, -0.15) is 0 Å². The van der Waals surface area contributed by atoms with Crippen molar-refractivity contribution in [2.24, 2.45) is 0 Å². The van der Waals surface area contributed by atoms with Gasteiger partial charge in [0, 0.05) is 41.2 Å². The second-order valence-electron chi connectivity index (χ2n) is 8.66. The van der Waals surface area contributed by atoms with Gasteiger partial charge in [-0.25, -0.2) is 9.37 Å². The molecule has 2 aromatic heterocycles. The number of hydrogen-bond acceptors (Lipinski definition) is 6. The average Bonchev–Trinajstić information content (AvgIpc) is 3.18. The largest absolute Gasteiger partial charge is 0.384 e. The van der Waals surface area contributed by atoms with Crippen LogP contribution in [0.4, 0.5) is 4.39 Å². The second-order valence-corrected chi connectivity index (χ2v) is 8.66. The van der Waals surface area contributed by atoms with E-state index in [0.717, 1.165) is 49.0 Å². The zero-order chi connectivity index (χ0) is 21.7. The number of aliphatic hydroxyl groups excluding tert-OH is 1. The molecule has 4 heterocycles. The molecule has 0 amide bonds. The fraction of sp³-hybridized carbons (Fsp3) is 0.522. The van der Waals surface area contributed by atoms with E-state index in [2.05, 4.69) is 15.0 Å². The number of likely N-dealkylation sites (tertiary alicyclic amines) is 1. The lowest BCUT2D eigenvalue weighted by Crippen LogP contribution is -2.49. The second kappa shape index (κ2) is 7.84. The molecule has 8 heteroatoms. The van der Waals surface area contributed by atoms with E-state index in [4.69, 9.17) is 4.52 Å². The van der Waals surface area contributed by atoms with Crippen molar-refractivity contribution in [1.82, 2.24) is 19.6 Å². The van der Waals surface area contributed by atoms with Crippen LogP contribution in [-0.2, 0) is 13.0 Å². The van der Waals surface area contributed by atoms with Gasteiger partial charge in [0.05, 0.1) is 5.69 Å². The zero-order valence-corrected chi connectivity index (χ0v) is 17.8. The fourth-order valence-electron chi connectivity index (χ4n) is 5.27. The Hall–Kier alpha value is -2.58. The van der Waals surface area contributed by atoms with E-state index in [1.165, 1.54) is 12.1 Å². The Morgan fingerprint density at radius 3 is 2.74 bits per heavy atom. The number of aryl methyl sites for hydroxylation is 1. The highest BCUT2D eigenvalue weighted by Crippen LogP contribution is 2.36. The number of hydrogen-bond donors (Lipinski definition) is 1. The summed E-state index contributed by atoms with van der Waals surface area (Å²) in [6.07, 6.45) is 2.36. The lowest BCUT2D eigenvalue weighted by atomic mass is 9.89. The first-order valence-corrected chi connectivity index (χ1v) is 11.0. The molecule has 7 nitrogen and oxygen atoms in total. The Morgan fingerprint density at radius 2 is 2.00 bits per heavy atom. The van der Waals surface area contributed by atoms with Crippen LogP contribution in [0, 0.1) is 12.7 Å². The van der Waals surface area contributed by atoms with Gasteiger partial charge in [-0.1, -0.05) is 12.1 Å². The van der Waals surface area contributed by atoms with Gasteiger partial charge in [0.15, 0.2) is 5.58 Å². The molecule has 1 fully saturated rings. The maximum Gasteiger partial charge on any atom is 0.256 e. The molecule has 164 valence electrons. The predicted molar refractivity (Wildman–Crippen MR) is 113 cm³/mol.